The number of para-hydroxylation sites is 1. The molecule has 0 radical (unpaired) electrons. The molecule has 7 nitrogen and oxygen atoms in total. The van der Waals surface area contributed by atoms with Gasteiger partial charge in [0.1, 0.15) is 5.75 Å². The van der Waals surface area contributed by atoms with E-state index in [2.05, 4.69) is 32.4 Å². The first kappa shape index (κ1) is 18.1. The largest absolute Gasteiger partial charge is 0.454 e. The van der Waals surface area contributed by atoms with Gasteiger partial charge < -0.3 is 15.0 Å². The lowest BCUT2D eigenvalue weighted by Gasteiger charge is -2.30. The van der Waals surface area contributed by atoms with Crippen LogP contribution in [0.25, 0.3) is 0 Å². The molecule has 2 N–H and O–H groups in total. The van der Waals surface area contributed by atoms with Crippen LogP contribution >= 0.6 is 0 Å². The number of likely N-dealkylation sites (tertiary alicyclic amines) is 1. The summed E-state index contributed by atoms with van der Waals surface area (Å²) in [5.41, 5.74) is 0. The molecule has 3 rings (SSSR count). The second-order valence-corrected chi connectivity index (χ2v) is 6.37. The minimum atomic E-state index is -0.278. The molecule has 0 bridgehead atoms. The van der Waals surface area contributed by atoms with Gasteiger partial charge in [0.05, 0.1) is 12.4 Å². The van der Waals surface area contributed by atoms with Gasteiger partial charge in [-0.1, -0.05) is 25.1 Å². The van der Waals surface area contributed by atoms with E-state index in [1.54, 1.807) is 0 Å². The minimum absolute atomic E-state index is 0.253. The number of ether oxygens (including phenoxy) is 1. The topological polar surface area (TPSA) is 79.4 Å². The zero-order valence-corrected chi connectivity index (χ0v) is 15.0. The van der Waals surface area contributed by atoms with Crippen molar-refractivity contribution in [3.05, 3.63) is 42.7 Å². The molecular formula is C19H25N5O2. The summed E-state index contributed by atoms with van der Waals surface area (Å²) < 4.78 is 5.63. The number of hydrogen-bond acceptors (Lipinski definition) is 5. The van der Waals surface area contributed by atoms with Gasteiger partial charge in [-0.25, -0.2) is 14.8 Å². The molecule has 2 amide bonds. The standard InChI is InChI=1S/C19H25N5O2/c1-2-24-10-8-15(9-11-24)12-22-19(25)23-18-20-13-17(14-21-18)26-16-6-4-3-5-7-16/h3-7,13-15H,2,8-12H2,1H3,(H2,20,21,22,23,25). The maximum atomic E-state index is 12.0. The Labute approximate surface area is 153 Å². The molecule has 1 aliphatic rings. The third kappa shape index (κ3) is 5.42. The van der Waals surface area contributed by atoms with Gasteiger partial charge in [0.25, 0.3) is 0 Å². The van der Waals surface area contributed by atoms with Crippen LogP contribution in [0.15, 0.2) is 42.7 Å². The van der Waals surface area contributed by atoms with Gasteiger partial charge in [-0.05, 0) is 50.5 Å². The predicted molar refractivity (Wildman–Crippen MR) is 100 cm³/mol. The molecule has 1 aromatic carbocycles. The van der Waals surface area contributed by atoms with Crippen molar-refractivity contribution in [2.24, 2.45) is 5.92 Å². The first-order valence-electron chi connectivity index (χ1n) is 9.05. The van der Waals surface area contributed by atoms with E-state index in [0.29, 0.717) is 24.0 Å². The second-order valence-electron chi connectivity index (χ2n) is 6.37. The highest BCUT2D eigenvalue weighted by Crippen LogP contribution is 2.19. The molecule has 26 heavy (non-hydrogen) atoms. The Morgan fingerprint density at radius 3 is 2.50 bits per heavy atom. The molecule has 1 saturated heterocycles. The maximum absolute atomic E-state index is 12.0. The van der Waals surface area contributed by atoms with Crippen LogP contribution in [0.5, 0.6) is 11.5 Å². The van der Waals surface area contributed by atoms with Crippen molar-refractivity contribution in [1.82, 2.24) is 20.2 Å². The number of nitrogens with one attached hydrogen (secondary N) is 2. The van der Waals surface area contributed by atoms with E-state index in [1.165, 1.54) is 12.4 Å². The summed E-state index contributed by atoms with van der Waals surface area (Å²) in [6.07, 6.45) is 5.32. The van der Waals surface area contributed by atoms with E-state index in [1.807, 2.05) is 30.3 Å². The highest BCUT2D eigenvalue weighted by molar-refractivity contribution is 5.87. The zero-order valence-electron chi connectivity index (χ0n) is 15.0. The van der Waals surface area contributed by atoms with Crippen LogP contribution in [-0.2, 0) is 0 Å². The molecule has 2 heterocycles. The average molecular weight is 355 g/mol. The number of aromatic nitrogens is 2. The van der Waals surface area contributed by atoms with Crippen molar-refractivity contribution in [3.8, 4) is 11.5 Å². The van der Waals surface area contributed by atoms with Crippen LogP contribution in [0, 0.1) is 5.92 Å². The van der Waals surface area contributed by atoms with Crippen molar-refractivity contribution in [1.29, 1.82) is 0 Å². The van der Waals surface area contributed by atoms with E-state index >= 15 is 0 Å². The highest BCUT2D eigenvalue weighted by Gasteiger charge is 2.18. The molecule has 1 aliphatic heterocycles. The van der Waals surface area contributed by atoms with Crippen LogP contribution in [0.3, 0.4) is 0 Å². The van der Waals surface area contributed by atoms with E-state index in [9.17, 15) is 4.79 Å². The molecule has 0 unspecified atom stereocenters. The third-order valence-corrected chi connectivity index (χ3v) is 4.54. The molecule has 0 spiro atoms. The number of anilines is 1. The number of hydrogen-bond donors (Lipinski definition) is 2. The first-order valence-corrected chi connectivity index (χ1v) is 9.05. The van der Waals surface area contributed by atoms with E-state index in [-0.39, 0.29) is 12.0 Å². The van der Waals surface area contributed by atoms with Crippen molar-refractivity contribution >= 4 is 12.0 Å². The van der Waals surface area contributed by atoms with Gasteiger partial charge >= 0.3 is 6.03 Å². The predicted octanol–water partition coefficient (Wildman–Crippen LogP) is 3.12. The Hall–Kier alpha value is -2.67. The number of carbonyl (C=O) groups excluding carboxylic acids is 1. The molecule has 2 aromatic rings. The third-order valence-electron chi connectivity index (χ3n) is 4.54. The van der Waals surface area contributed by atoms with E-state index in [0.717, 1.165) is 32.5 Å². The van der Waals surface area contributed by atoms with Crippen LogP contribution in [0.2, 0.25) is 0 Å². The summed E-state index contributed by atoms with van der Waals surface area (Å²) in [5, 5.41) is 5.56. The number of piperidine rings is 1. The fourth-order valence-electron chi connectivity index (χ4n) is 2.95. The van der Waals surface area contributed by atoms with Crippen LogP contribution in [-0.4, -0.2) is 47.1 Å². The van der Waals surface area contributed by atoms with Gasteiger partial charge in [0.2, 0.25) is 5.95 Å². The number of benzene rings is 1. The Balaban J connectivity index is 1.41. The highest BCUT2D eigenvalue weighted by atomic mass is 16.5. The molecule has 0 atom stereocenters. The number of carbonyl (C=O) groups is 1. The molecule has 7 heteroatoms. The summed E-state index contributed by atoms with van der Waals surface area (Å²) in [7, 11) is 0. The van der Waals surface area contributed by atoms with Crippen LogP contribution in [0.4, 0.5) is 10.7 Å². The van der Waals surface area contributed by atoms with Crippen LogP contribution in [0.1, 0.15) is 19.8 Å². The lowest BCUT2D eigenvalue weighted by Crippen LogP contribution is -2.39. The molecule has 1 aromatic heterocycles. The Morgan fingerprint density at radius 2 is 1.85 bits per heavy atom. The van der Waals surface area contributed by atoms with Gasteiger partial charge in [-0.15, -0.1) is 0 Å². The van der Waals surface area contributed by atoms with Gasteiger partial charge in [-0.2, -0.15) is 0 Å². The Kier molecular flexibility index (Phi) is 6.38. The Bertz CT molecular complexity index is 685. The van der Waals surface area contributed by atoms with Crippen molar-refractivity contribution in [3.63, 3.8) is 0 Å². The molecule has 0 saturated carbocycles. The fourth-order valence-corrected chi connectivity index (χ4v) is 2.95. The number of nitrogens with zero attached hydrogens (tertiary/aromatic N) is 3. The summed E-state index contributed by atoms with van der Waals surface area (Å²) in [6.45, 7) is 6.18. The first-order chi connectivity index (χ1) is 12.7. The quantitative estimate of drug-likeness (QED) is 0.832. The molecule has 138 valence electrons. The fraction of sp³-hybridized carbons (Fsp3) is 0.421. The van der Waals surface area contributed by atoms with E-state index in [4.69, 9.17) is 4.74 Å². The summed E-state index contributed by atoms with van der Waals surface area (Å²) in [4.78, 5) is 22.7. The van der Waals surface area contributed by atoms with Crippen LogP contribution < -0.4 is 15.4 Å². The molecular weight excluding hydrogens is 330 g/mol. The lowest BCUT2D eigenvalue weighted by molar-refractivity contribution is 0.190. The number of amides is 2. The monoisotopic (exact) mass is 355 g/mol. The van der Waals surface area contributed by atoms with Crippen molar-refractivity contribution in [2.45, 2.75) is 19.8 Å². The smallest absolute Gasteiger partial charge is 0.321 e. The number of rotatable bonds is 6. The normalized spacial score (nSPS) is 15.4. The van der Waals surface area contributed by atoms with Crippen molar-refractivity contribution < 1.29 is 9.53 Å². The average Bonchev–Trinajstić information content (AvgIpc) is 2.69. The summed E-state index contributed by atoms with van der Waals surface area (Å²) in [6, 6.07) is 9.13. The van der Waals surface area contributed by atoms with Crippen molar-refractivity contribution in [2.75, 3.05) is 31.5 Å². The summed E-state index contributed by atoms with van der Waals surface area (Å²) in [5.74, 6) is 2.02. The van der Waals surface area contributed by atoms with Gasteiger partial charge in [0.15, 0.2) is 5.75 Å². The molecule has 0 aliphatic carbocycles. The second kappa shape index (κ2) is 9.15. The maximum Gasteiger partial charge on any atom is 0.321 e. The van der Waals surface area contributed by atoms with Gasteiger partial charge in [0, 0.05) is 6.54 Å². The molecule has 1 fully saturated rings. The van der Waals surface area contributed by atoms with Gasteiger partial charge in [-0.3, -0.25) is 5.32 Å². The minimum Gasteiger partial charge on any atom is -0.454 e. The Morgan fingerprint density at radius 1 is 1.15 bits per heavy atom. The summed E-state index contributed by atoms with van der Waals surface area (Å²) >= 11 is 0. The number of urea groups is 1. The van der Waals surface area contributed by atoms with E-state index < -0.39 is 0 Å². The zero-order chi connectivity index (χ0) is 18.2. The SMILES string of the molecule is CCN1CCC(CNC(=O)Nc2ncc(Oc3ccccc3)cn2)CC1. The lowest BCUT2D eigenvalue weighted by atomic mass is 9.97.